The molecular weight excluding hydrogens is 234 g/mol. The van der Waals surface area contributed by atoms with E-state index in [2.05, 4.69) is 40.1 Å². The van der Waals surface area contributed by atoms with Gasteiger partial charge in [0.05, 0.1) is 12.2 Å². The van der Waals surface area contributed by atoms with Crippen molar-refractivity contribution >= 4 is 11.8 Å². The third-order valence-corrected chi connectivity index (χ3v) is 4.40. The number of aromatic nitrogens is 1. The normalized spacial score (nSPS) is 21.9. The molecule has 1 unspecified atom stereocenters. The number of nitrogens with zero attached hydrogens (tertiary/aromatic N) is 2. The maximum atomic E-state index is 5.35. The molecule has 1 aromatic heterocycles. The highest BCUT2D eigenvalue weighted by atomic mass is 32.2. The van der Waals surface area contributed by atoms with E-state index in [9.17, 15) is 0 Å². The van der Waals surface area contributed by atoms with E-state index in [4.69, 9.17) is 4.52 Å². The summed E-state index contributed by atoms with van der Waals surface area (Å²) in [6.07, 6.45) is 1.25. The van der Waals surface area contributed by atoms with E-state index in [0.717, 1.165) is 36.3 Å². The molecule has 2 rings (SSSR count). The van der Waals surface area contributed by atoms with Gasteiger partial charge < -0.3 is 9.84 Å². The van der Waals surface area contributed by atoms with E-state index >= 15 is 0 Å². The number of hydrogen-bond donors (Lipinski definition) is 1. The zero-order valence-corrected chi connectivity index (χ0v) is 11.4. The lowest BCUT2D eigenvalue weighted by Crippen LogP contribution is -2.36. The van der Waals surface area contributed by atoms with Crippen molar-refractivity contribution in [2.45, 2.75) is 31.7 Å². The highest BCUT2D eigenvalue weighted by Gasteiger charge is 2.20. The van der Waals surface area contributed by atoms with Crippen molar-refractivity contribution in [3.63, 3.8) is 0 Å². The Morgan fingerprint density at radius 3 is 3.29 bits per heavy atom. The molecule has 96 valence electrons. The quantitative estimate of drug-likeness (QED) is 0.867. The van der Waals surface area contributed by atoms with Gasteiger partial charge in [-0.2, -0.15) is 11.8 Å². The molecule has 1 fully saturated rings. The lowest BCUT2D eigenvalue weighted by atomic mass is 10.2. The van der Waals surface area contributed by atoms with Gasteiger partial charge in [0, 0.05) is 36.7 Å². The van der Waals surface area contributed by atoms with Crippen LogP contribution in [0.15, 0.2) is 10.6 Å². The molecule has 0 radical (unpaired) electrons. The number of thioether (sulfide) groups is 1. The van der Waals surface area contributed by atoms with Crippen molar-refractivity contribution in [2.24, 2.45) is 0 Å². The molecule has 1 aromatic rings. The van der Waals surface area contributed by atoms with Crippen LogP contribution in [0, 0.1) is 0 Å². The van der Waals surface area contributed by atoms with Crippen molar-refractivity contribution in [1.29, 1.82) is 0 Å². The summed E-state index contributed by atoms with van der Waals surface area (Å²) in [7, 11) is 1.92. The number of nitrogens with one attached hydrogen (secondary N) is 1. The van der Waals surface area contributed by atoms with Gasteiger partial charge in [-0.25, -0.2) is 0 Å². The minimum absolute atomic E-state index is 0.775. The third-order valence-electron chi connectivity index (χ3n) is 3.02. The predicted octanol–water partition coefficient (Wildman–Crippen LogP) is 1.72. The second-order valence-corrected chi connectivity index (χ2v) is 5.86. The molecule has 2 heterocycles. The Bertz CT molecular complexity index is 342. The lowest BCUT2D eigenvalue weighted by molar-refractivity contribution is 0.236. The first-order valence-corrected chi connectivity index (χ1v) is 7.29. The fourth-order valence-corrected chi connectivity index (χ4v) is 3.33. The molecule has 0 amide bonds. The summed E-state index contributed by atoms with van der Waals surface area (Å²) < 4.78 is 5.35. The molecule has 1 aliphatic rings. The van der Waals surface area contributed by atoms with Gasteiger partial charge in [0.15, 0.2) is 5.76 Å². The maximum Gasteiger partial charge on any atom is 0.151 e. The fourth-order valence-electron chi connectivity index (χ4n) is 2.09. The van der Waals surface area contributed by atoms with Gasteiger partial charge in [0.2, 0.25) is 0 Å². The molecule has 1 atom stereocenters. The van der Waals surface area contributed by atoms with Gasteiger partial charge >= 0.3 is 0 Å². The molecule has 0 aliphatic carbocycles. The van der Waals surface area contributed by atoms with Crippen LogP contribution in [-0.2, 0) is 13.1 Å². The van der Waals surface area contributed by atoms with Crippen molar-refractivity contribution < 1.29 is 4.52 Å². The zero-order valence-electron chi connectivity index (χ0n) is 10.6. The molecule has 0 spiro atoms. The Hall–Kier alpha value is -0.520. The van der Waals surface area contributed by atoms with Crippen LogP contribution in [0.2, 0.25) is 0 Å². The summed E-state index contributed by atoms with van der Waals surface area (Å²) in [4.78, 5) is 2.47. The molecule has 4 nitrogen and oxygen atoms in total. The largest absolute Gasteiger partial charge is 0.360 e. The Kier molecular flexibility index (Phi) is 4.88. The van der Waals surface area contributed by atoms with E-state index < -0.39 is 0 Å². The highest BCUT2D eigenvalue weighted by Crippen LogP contribution is 2.22. The predicted molar refractivity (Wildman–Crippen MR) is 71.1 cm³/mol. The van der Waals surface area contributed by atoms with Gasteiger partial charge in [-0.15, -0.1) is 0 Å². The van der Waals surface area contributed by atoms with Crippen LogP contribution in [0.4, 0.5) is 0 Å². The van der Waals surface area contributed by atoms with Crippen molar-refractivity contribution in [3.05, 3.63) is 17.5 Å². The van der Waals surface area contributed by atoms with E-state index in [1.54, 1.807) is 0 Å². The number of rotatable bonds is 5. The monoisotopic (exact) mass is 255 g/mol. The Morgan fingerprint density at radius 2 is 2.53 bits per heavy atom. The summed E-state index contributed by atoms with van der Waals surface area (Å²) in [5, 5.41) is 7.90. The summed E-state index contributed by atoms with van der Waals surface area (Å²) in [5.74, 6) is 2.22. The minimum Gasteiger partial charge on any atom is -0.360 e. The van der Waals surface area contributed by atoms with E-state index in [1.807, 2.05) is 7.05 Å². The fraction of sp³-hybridized carbons (Fsp3) is 0.750. The topological polar surface area (TPSA) is 41.3 Å². The van der Waals surface area contributed by atoms with E-state index in [1.165, 1.54) is 18.7 Å². The van der Waals surface area contributed by atoms with Crippen LogP contribution in [-0.4, -0.2) is 41.2 Å². The van der Waals surface area contributed by atoms with Crippen molar-refractivity contribution in [1.82, 2.24) is 15.4 Å². The maximum absolute atomic E-state index is 5.35. The van der Waals surface area contributed by atoms with Crippen LogP contribution in [0.3, 0.4) is 0 Å². The smallest absolute Gasteiger partial charge is 0.151 e. The van der Waals surface area contributed by atoms with Crippen LogP contribution in [0.1, 0.15) is 24.8 Å². The molecular formula is C12H21N3OS. The SMILES string of the molecule is CCC1CN(Cc2cc(CNC)no2)CCS1. The molecule has 0 saturated carbocycles. The average Bonchev–Trinajstić information content (AvgIpc) is 2.77. The lowest BCUT2D eigenvalue weighted by Gasteiger charge is -2.30. The van der Waals surface area contributed by atoms with Crippen LogP contribution >= 0.6 is 11.8 Å². The molecule has 1 N–H and O–H groups in total. The summed E-state index contributed by atoms with van der Waals surface area (Å²) >= 11 is 2.09. The molecule has 1 aliphatic heterocycles. The molecule has 5 heteroatoms. The first-order valence-electron chi connectivity index (χ1n) is 6.24. The van der Waals surface area contributed by atoms with E-state index in [0.29, 0.717) is 0 Å². The first-order chi connectivity index (χ1) is 8.31. The average molecular weight is 255 g/mol. The van der Waals surface area contributed by atoms with Crippen molar-refractivity contribution in [3.8, 4) is 0 Å². The summed E-state index contributed by atoms with van der Waals surface area (Å²) in [5.41, 5.74) is 0.987. The molecule has 1 saturated heterocycles. The second kappa shape index (κ2) is 6.42. The van der Waals surface area contributed by atoms with Gasteiger partial charge in [-0.1, -0.05) is 12.1 Å². The van der Waals surface area contributed by atoms with Crippen molar-refractivity contribution in [2.75, 3.05) is 25.9 Å². The van der Waals surface area contributed by atoms with Gasteiger partial charge in [-0.3, -0.25) is 4.90 Å². The van der Waals surface area contributed by atoms with Crippen LogP contribution < -0.4 is 5.32 Å². The van der Waals surface area contributed by atoms with Gasteiger partial charge in [-0.05, 0) is 13.5 Å². The van der Waals surface area contributed by atoms with Gasteiger partial charge in [0.25, 0.3) is 0 Å². The van der Waals surface area contributed by atoms with Crippen LogP contribution in [0.5, 0.6) is 0 Å². The highest BCUT2D eigenvalue weighted by molar-refractivity contribution is 8.00. The Balaban J connectivity index is 1.86. The Morgan fingerprint density at radius 1 is 1.65 bits per heavy atom. The second-order valence-electron chi connectivity index (χ2n) is 4.45. The molecule has 0 bridgehead atoms. The number of hydrogen-bond acceptors (Lipinski definition) is 5. The van der Waals surface area contributed by atoms with Crippen LogP contribution in [0.25, 0.3) is 0 Å². The molecule has 0 aromatic carbocycles. The molecule has 17 heavy (non-hydrogen) atoms. The Labute approximate surface area is 107 Å². The minimum atomic E-state index is 0.775. The first kappa shape index (κ1) is 12.9. The summed E-state index contributed by atoms with van der Waals surface area (Å²) in [6, 6.07) is 2.05. The van der Waals surface area contributed by atoms with E-state index in [-0.39, 0.29) is 0 Å². The summed E-state index contributed by atoms with van der Waals surface area (Å²) in [6.45, 7) is 6.26. The third kappa shape index (κ3) is 3.72. The zero-order chi connectivity index (χ0) is 12.1. The standard InChI is InChI=1S/C12H21N3OS/c1-3-12-9-15(4-5-17-12)8-11-6-10(7-13-2)14-16-11/h6,12-13H,3-5,7-9H2,1-2H3. The van der Waals surface area contributed by atoms with Gasteiger partial charge in [0.1, 0.15) is 0 Å².